The van der Waals surface area contributed by atoms with Crippen molar-refractivity contribution in [2.45, 2.75) is 38.0 Å². The molecule has 5 nitrogen and oxygen atoms in total. The van der Waals surface area contributed by atoms with Gasteiger partial charge in [-0.05, 0) is 38.0 Å². The molecule has 0 bridgehead atoms. The van der Waals surface area contributed by atoms with E-state index in [0.29, 0.717) is 25.3 Å². The highest BCUT2D eigenvalue weighted by atomic mass is 19.1. The number of halogens is 1. The van der Waals surface area contributed by atoms with Gasteiger partial charge < -0.3 is 19.1 Å². The van der Waals surface area contributed by atoms with Crippen molar-refractivity contribution >= 4 is 5.91 Å². The van der Waals surface area contributed by atoms with Gasteiger partial charge in [0.15, 0.2) is 11.6 Å². The zero-order chi connectivity index (χ0) is 16.4. The van der Waals surface area contributed by atoms with Crippen molar-refractivity contribution in [1.29, 1.82) is 0 Å². The lowest BCUT2D eigenvalue weighted by molar-refractivity contribution is -0.102. The van der Waals surface area contributed by atoms with Crippen LogP contribution in [0.4, 0.5) is 4.39 Å². The average molecular weight is 323 g/mol. The van der Waals surface area contributed by atoms with Crippen LogP contribution in [0.15, 0.2) is 18.2 Å². The number of hydrogen-bond donors (Lipinski definition) is 0. The Morgan fingerprint density at radius 2 is 2.26 bits per heavy atom. The summed E-state index contributed by atoms with van der Waals surface area (Å²) in [5, 5.41) is 0. The Balaban J connectivity index is 1.78. The van der Waals surface area contributed by atoms with E-state index in [1.807, 2.05) is 6.92 Å². The largest absolute Gasteiger partial charge is 0.494 e. The van der Waals surface area contributed by atoms with Crippen molar-refractivity contribution in [3.63, 3.8) is 0 Å². The molecule has 23 heavy (non-hydrogen) atoms. The van der Waals surface area contributed by atoms with Crippen LogP contribution >= 0.6 is 0 Å². The molecule has 1 aliphatic carbocycles. The van der Waals surface area contributed by atoms with E-state index < -0.39 is 5.82 Å². The molecule has 0 N–H and O–H groups in total. The highest BCUT2D eigenvalue weighted by Crippen LogP contribution is 2.33. The Bertz CT molecular complexity index is 580. The summed E-state index contributed by atoms with van der Waals surface area (Å²) >= 11 is 0. The molecular formula is C17H22FNO4. The minimum absolute atomic E-state index is 0.00189. The van der Waals surface area contributed by atoms with Gasteiger partial charge in [0.25, 0.3) is 5.91 Å². The second kappa shape index (κ2) is 6.84. The molecule has 0 spiro atoms. The molecule has 1 aliphatic heterocycles. The number of methoxy groups -OCH3 is 1. The molecule has 2 aliphatic rings. The molecule has 1 amide bonds. The molecule has 0 unspecified atom stereocenters. The second-order valence-electron chi connectivity index (χ2n) is 5.82. The van der Waals surface area contributed by atoms with Crippen LogP contribution in [0, 0.1) is 5.82 Å². The van der Waals surface area contributed by atoms with Crippen molar-refractivity contribution in [1.82, 2.24) is 4.90 Å². The maximum absolute atomic E-state index is 13.9. The number of carbonyl (C=O) groups excluding carboxylic acids is 1. The molecule has 3 atom stereocenters. The van der Waals surface area contributed by atoms with Crippen molar-refractivity contribution in [2.24, 2.45) is 0 Å². The third kappa shape index (κ3) is 3.05. The predicted molar refractivity (Wildman–Crippen MR) is 82.2 cm³/mol. The third-order valence-electron chi connectivity index (χ3n) is 4.58. The van der Waals surface area contributed by atoms with Gasteiger partial charge in [-0.1, -0.05) is 0 Å². The minimum Gasteiger partial charge on any atom is -0.494 e. The Morgan fingerprint density at radius 1 is 1.43 bits per heavy atom. The lowest BCUT2D eigenvalue weighted by Crippen LogP contribution is -2.53. The highest BCUT2D eigenvalue weighted by molar-refractivity contribution is 5.94. The van der Waals surface area contributed by atoms with Crippen LogP contribution in [0.2, 0.25) is 0 Å². The SMILES string of the molecule is CCO[C@H]1CC[C@H]2[C@H]1OCCN2C(=O)c1ccc(OC)c(F)c1. The molecule has 0 radical (unpaired) electrons. The quantitative estimate of drug-likeness (QED) is 0.853. The minimum atomic E-state index is -0.526. The molecule has 6 heteroatoms. The van der Waals surface area contributed by atoms with Crippen LogP contribution < -0.4 is 4.74 Å². The molecule has 0 aromatic heterocycles. The molecule has 1 saturated carbocycles. The Hall–Kier alpha value is -1.66. The van der Waals surface area contributed by atoms with E-state index in [1.165, 1.54) is 19.2 Å². The van der Waals surface area contributed by atoms with E-state index in [2.05, 4.69) is 0 Å². The highest BCUT2D eigenvalue weighted by Gasteiger charge is 2.45. The van der Waals surface area contributed by atoms with Gasteiger partial charge in [-0.15, -0.1) is 0 Å². The number of morpholine rings is 1. The molecule has 1 heterocycles. The van der Waals surface area contributed by atoms with Gasteiger partial charge in [0.2, 0.25) is 0 Å². The van der Waals surface area contributed by atoms with Gasteiger partial charge in [-0.25, -0.2) is 4.39 Å². The number of fused-ring (bicyclic) bond motifs is 1. The number of ether oxygens (including phenoxy) is 3. The fraction of sp³-hybridized carbons (Fsp3) is 0.588. The number of carbonyl (C=O) groups is 1. The van der Waals surface area contributed by atoms with E-state index in [1.54, 1.807) is 11.0 Å². The second-order valence-corrected chi connectivity index (χ2v) is 5.82. The van der Waals surface area contributed by atoms with Gasteiger partial charge in [0, 0.05) is 18.7 Å². The lowest BCUT2D eigenvalue weighted by Gasteiger charge is -2.39. The van der Waals surface area contributed by atoms with Gasteiger partial charge in [0.05, 0.1) is 25.9 Å². The van der Waals surface area contributed by atoms with Crippen LogP contribution in [-0.2, 0) is 9.47 Å². The Morgan fingerprint density at radius 3 is 2.96 bits per heavy atom. The summed E-state index contributed by atoms with van der Waals surface area (Å²) in [7, 11) is 1.40. The van der Waals surface area contributed by atoms with Crippen LogP contribution in [-0.4, -0.2) is 55.9 Å². The van der Waals surface area contributed by atoms with Crippen LogP contribution in [0.5, 0.6) is 5.75 Å². The smallest absolute Gasteiger partial charge is 0.254 e. The summed E-state index contributed by atoms with van der Waals surface area (Å²) < 4.78 is 30.3. The fourth-order valence-corrected chi connectivity index (χ4v) is 3.53. The standard InChI is InChI=1S/C17H22FNO4/c1-3-22-15-7-5-13-16(15)23-9-8-19(13)17(20)11-4-6-14(21-2)12(18)10-11/h4,6,10,13,15-16H,3,5,7-9H2,1-2H3/t13-,15-,16+/m0/s1. The first-order valence-corrected chi connectivity index (χ1v) is 8.03. The van der Waals surface area contributed by atoms with Crippen molar-refractivity contribution in [3.8, 4) is 5.75 Å². The third-order valence-corrected chi connectivity index (χ3v) is 4.58. The molecule has 3 rings (SSSR count). The zero-order valence-corrected chi connectivity index (χ0v) is 13.5. The zero-order valence-electron chi connectivity index (χ0n) is 13.5. The first kappa shape index (κ1) is 16.2. The van der Waals surface area contributed by atoms with E-state index in [4.69, 9.17) is 14.2 Å². The summed E-state index contributed by atoms with van der Waals surface area (Å²) in [5.74, 6) is -0.553. The first-order valence-electron chi connectivity index (χ1n) is 8.03. The van der Waals surface area contributed by atoms with Gasteiger partial charge in [-0.3, -0.25) is 4.79 Å². The average Bonchev–Trinajstić information content (AvgIpc) is 2.98. The summed E-state index contributed by atoms with van der Waals surface area (Å²) in [5.41, 5.74) is 0.337. The molecule has 1 aromatic carbocycles. The van der Waals surface area contributed by atoms with Crippen LogP contribution in [0.3, 0.4) is 0 Å². The molecule has 2 fully saturated rings. The topological polar surface area (TPSA) is 48.0 Å². The van der Waals surface area contributed by atoms with Crippen LogP contribution in [0.1, 0.15) is 30.1 Å². The molecule has 1 saturated heterocycles. The van der Waals surface area contributed by atoms with Crippen molar-refractivity contribution in [3.05, 3.63) is 29.6 Å². The van der Waals surface area contributed by atoms with E-state index in [0.717, 1.165) is 12.8 Å². The van der Waals surface area contributed by atoms with Crippen LogP contribution in [0.25, 0.3) is 0 Å². The monoisotopic (exact) mass is 323 g/mol. The van der Waals surface area contributed by atoms with Crippen molar-refractivity contribution < 1.29 is 23.4 Å². The Kier molecular flexibility index (Phi) is 4.82. The summed E-state index contributed by atoms with van der Waals surface area (Å²) in [6.07, 6.45) is 1.67. The number of benzene rings is 1. The van der Waals surface area contributed by atoms with Gasteiger partial charge >= 0.3 is 0 Å². The van der Waals surface area contributed by atoms with E-state index in [9.17, 15) is 9.18 Å². The molecular weight excluding hydrogens is 301 g/mol. The van der Waals surface area contributed by atoms with Crippen molar-refractivity contribution in [2.75, 3.05) is 26.9 Å². The Labute approximate surface area is 135 Å². The first-order chi connectivity index (χ1) is 11.2. The maximum atomic E-state index is 13.9. The van der Waals surface area contributed by atoms with E-state index >= 15 is 0 Å². The number of rotatable bonds is 4. The number of amides is 1. The molecule has 1 aromatic rings. The number of nitrogens with zero attached hydrogens (tertiary/aromatic N) is 1. The maximum Gasteiger partial charge on any atom is 0.254 e. The summed E-state index contributed by atoms with van der Waals surface area (Å²) in [4.78, 5) is 14.6. The summed E-state index contributed by atoms with van der Waals surface area (Å²) in [6, 6.07) is 4.32. The van der Waals surface area contributed by atoms with Gasteiger partial charge in [0.1, 0.15) is 6.10 Å². The lowest BCUT2D eigenvalue weighted by atomic mass is 10.1. The number of hydrogen-bond acceptors (Lipinski definition) is 4. The normalized spacial score (nSPS) is 26.9. The predicted octanol–water partition coefficient (Wildman–Crippen LogP) is 2.24. The summed E-state index contributed by atoms with van der Waals surface area (Å²) in [6.45, 7) is 3.59. The molecule has 126 valence electrons. The van der Waals surface area contributed by atoms with E-state index in [-0.39, 0.29) is 29.9 Å². The van der Waals surface area contributed by atoms with Gasteiger partial charge in [-0.2, -0.15) is 0 Å². The fourth-order valence-electron chi connectivity index (χ4n) is 3.53.